The number of anilines is 2. The SMILES string of the molecule is CC(C)C(=O)Nc1ccc(NCc2csc(Br)c2)cc1. The Labute approximate surface area is 131 Å². The van der Waals surface area contributed by atoms with E-state index in [-0.39, 0.29) is 11.8 Å². The third-order valence-corrected chi connectivity index (χ3v) is 4.35. The van der Waals surface area contributed by atoms with Gasteiger partial charge in [0, 0.05) is 23.8 Å². The van der Waals surface area contributed by atoms with Crippen molar-refractivity contribution in [1.29, 1.82) is 0 Å². The van der Waals surface area contributed by atoms with Crippen LogP contribution in [0.2, 0.25) is 0 Å². The van der Waals surface area contributed by atoms with Gasteiger partial charge in [-0.05, 0) is 57.2 Å². The summed E-state index contributed by atoms with van der Waals surface area (Å²) in [6, 6.07) is 9.86. The van der Waals surface area contributed by atoms with Gasteiger partial charge >= 0.3 is 0 Å². The molecule has 0 aliphatic rings. The standard InChI is InChI=1S/C15H17BrN2OS/c1-10(2)15(19)18-13-5-3-12(4-6-13)17-8-11-7-14(16)20-9-11/h3-7,9-10,17H,8H2,1-2H3,(H,18,19). The number of nitrogens with one attached hydrogen (secondary N) is 2. The highest BCUT2D eigenvalue weighted by molar-refractivity contribution is 9.11. The molecule has 1 heterocycles. The molecule has 3 nitrogen and oxygen atoms in total. The first kappa shape index (κ1) is 15.1. The van der Waals surface area contributed by atoms with Crippen LogP contribution in [0.4, 0.5) is 11.4 Å². The highest BCUT2D eigenvalue weighted by Gasteiger charge is 2.06. The normalized spacial score (nSPS) is 10.6. The van der Waals surface area contributed by atoms with Crippen molar-refractivity contribution in [2.24, 2.45) is 5.92 Å². The van der Waals surface area contributed by atoms with Crippen LogP contribution < -0.4 is 10.6 Å². The van der Waals surface area contributed by atoms with Crippen molar-refractivity contribution in [2.75, 3.05) is 10.6 Å². The molecule has 0 aliphatic carbocycles. The molecule has 2 N–H and O–H groups in total. The minimum Gasteiger partial charge on any atom is -0.381 e. The second kappa shape index (κ2) is 6.90. The number of hydrogen-bond acceptors (Lipinski definition) is 3. The largest absolute Gasteiger partial charge is 0.381 e. The van der Waals surface area contributed by atoms with Gasteiger partial charge in [-0.1, -0.05) is 13.8 Å². The molecule has 106 valence electrons. The van der Waals surface area contributed by atoms with E-state index in [1.807, 2.05) is 38.1 Å². The van der Waals surface area contributed by atoms with Gasteiger partial charge in [0.1, 0.15) is 0 Å². The number of halogens is 1. The zero-order valence-corrected chi connectivity index (χ0v) is 13.8. The van der Waals surface area contributed by atoms with Crippen LogP contribution in [0.15, 0.2) is 39.5 Å². The monoisotopic (exact) mass is 352 g/mol. The summed E-state index contributed by atoms with van der Waals surface area (Å²) >= 11 is 5.13. The number of benzene rings is 1. The zero-order valence-electron chi connectivity index (χ0n) is 11.4. The molecule has 2 rings (SSSR count). The lowest BCUT2D eigenvalue weighted by molar-refractivity contribution is -0.118. The van der Waals surface area contributed by atoms with Crippen molar-refractivity contribution >= 4 is 44.5 Å². The summed E-state index contributed by atoms with van der Waals surface area (Å²) in [6.07, 6.45) is 0. The third-order valence-electron chi connectivity index (χ3n) is 2.80. The molecule has 1 aromatic carbocycles. The molecule has 0 bridgehead atoms. The van der Waals surface area contributed by atoms with E-state index in [4.69, 9.17) is 0 Å². The fraction of sp³-hybridized carbons (Fsp3) is 0.267. The fourth-order valence-electron chi connectivity index (χ4n) is 1.60. The van der Waals surface area contributed by atoms with E-state index < -0.39 is 0 Å². The summed E-state index contributed by atoms with van der Waals surface area (Å²) in [6.45, 7) is 4.55. The predicted octanol–water partition coefficient (Wildman–Crippen LogP) is 4.72. The lowest BCUT2D eigenvalue weighted by atomic mass is 10.2. The van der Waals surface area contributed by atoms with Gasteiger partial charge in [0.25, 0.3) is 0 Å². The van der Waals surface area contributed by atoms with Crippen LogP contribution in [-0.2, 0) is 11.3 Å². The number of carbonyl (C=O) groups excluding carboxylic acids is 1. The maximum atomic E-state index is 11.6. The number of thiophene rings is 1. The Balaban J connectivity index is 1.89. The van der Waals surface area contributed by atoms with Crippen LogP contribution in [-0.4, -0.2) is 5.91 Å². The minimum atomic E-state index is -0.00941. The van der Waals surface area contributed by atoms with Gasteiger partial charge in [-0.2, -0.15) is 0 Å². The molecule has 1 aromatic heterocycles. The molecule has 0 saturated carbocycles. The van der Waals surface area contributed by atoms with Crippen molar-refractivity contribution in [3.63, 3.8) is 0 Å². The van der Waals surface area contributed by atoms with Gasteiger partial charge in [-0.3, -0.25) is 4.79 Å². The number of hydrogen-bond donors (Lipinski definition) is 2. The third kappa shape index (κ3) is 4.35. The summed E-state index contributed by atoms with van der Waals surface area (Å²) in [4.78, 5) is 11.6. The molecule has 1 amide bonds. The van der Waals surface area contributed by atoms with E-state index in [2.05, 4.69) is 38.0 Å². The molecule has 0 unspecified atom stereocenters. The van der Waals surface area contributed by atoms with Gasteiger partial charge < -0.3 is 10.6 Å². The number of amides is 1. The van der Waals surface area contributed by atoms with Crippen molar-refractivity contribution in [2.45, 2.75) is 20.4 Å². The molecule has 0 atom stereocenters. The molecule has 5 heteroatoms. The molecule has 2 aromatic rings. The van der Waals surface area contributed by atoms with Crippen LogP contribution in [0.3, 0.4) is 0 Å². The van der Waals surface area contributed by atoms with E-state index in [0.717, 1.165) is 21.7 Å². The molecule has 0 radical (unpaired) electrons. The second-order valence-corrected chi connectivity index (χ2v) is 7.12. The Morgan fingerprint density at radius 1 is 1.25 bits per heavy atom. The maximum absolute atomic E-state index is 11.6. The predicted molar refractivity (Wildman–Crippen MR) is 89.3 cm³/mol. The smallest absolute Gasteiger partial charge is 0.226 e. The molecule has 20 heavy (non-hydrogen) atoms. The van der Waals surface area contributed by atoms with E-state index in [1.165, 1.54) is 5.56 Å². The summed E-state index contributed by atoms with van der Waals surface area (Å²) < 4.78 is 1.14. The Hall–Kier alpha value is -1.33. The number of rotatable bonds is 5. The van der Waals surface area contributed by atoms with Crippen LogP contribution in [0, 0.1) is 5.92 Å². The highest BCUT2D eigenvalue weighted by atomic mass is 79.9. The molecule has 0 saturated heterocycles. The topological polar surface area (TPSA) is 41.1 Å². The van der Waals surface area contributed by atoms with Gasteiger partial charge in [-0.25, -0.2) is 0 Å². The molecule has 0 fully saturated rings. The lowest BCUT2D eigenvalue weighted by Gasteiger charge is -2.09. The summed E-state index contributed by atoms with van der Waals surface area (Å²) in [7, 11) is 0. The average molecular weight is 353 g/mol. The summed E-state index contributed by atoms with van der Waals surface area (Å²) in [5.41, 5.74) is 3.11. The van der Waals surface area contributed by atoms with Gasteiger partial charge in [0.2, 0.25) is 5.91 Å². The van der Waals surface area contributed by atoms with E-state index in [1.54, 1.807) is 11.3 Å². The first-order valence-corrected chi connectivity index (χ1v) is 8.09. The van der Waals surface area contributed by atoms with Crippen molar-refractivity contribution < 1.29 is 4.79 Å². The lowest BCUT2D eigenvalue weighted by Crippen LogP contribution is -2.17. The molecular formula is C15H17BrN2OS. The van der Waals surface area contributed by atoms with E-state index in [0.29, 0.717) is 0 Å². The fourth-order valence-corrected chi connectivity index (χ4v) is 2.81. The Bertz CT molecular complexity index is 578. The van der Waals surface area contributed by atoms with Crippen LogP contribution in [0.1, 0.15) is 19.4 Å². The first-order chi connectivity index (χ1) is 9.54. The van der Waals surface area contributed by atoms with Crippen LogP contribution >= 0.6 is 27.3 Å². The van der Waals surface area contributed by atoms with Gasteiger partial charge in [0.15, 0.2) is 0 Å². The Morgan fingerprint density at radius 3 is 2.45 bits per heavy atom. The van der Waals surface area contributed by atoms with E-state index in [9.17, 15) is 4.79 Å². The Morgan fingerprint density at radius 2 is 1.90 bits per heavy atom. The molecular weight excluding hydrogens is 336 g/mol. The van der Waals surface area contributed by atoms with Gasteiger partial charge in [-0.15, -0.1) is 11.3 Å². The minimum absolute atomic E-state index is 0.00941. The second-order valence-electron chi connectivity index (χ2n) is 4.83. The number of carbonyl (C=O) groups is 1. The van der Waals surface area contributed by atoms with Crippen molar-refractivity contribution in [3.05, 3.63) is 45.1 Å². The first-order valence-electron chi connectivity index (χ1n) is 6.42. The summed E-state index contributed by atoms with van der Waals surface area (Å²) in [5, 5.41) is 8.34. The average Bonchev–Trinajstić information content (AvgIpc) is 2.83. The van der Waals surface area contributed by atoms with Crippen molar-refractivity contribution in [1.82, 2.24) is 0 Å². The van der Waals surface area contributed by atoms with Crippen LogP contribution in [0.25, 0.3) is 0 Å². The van der Waals surface area contributed by atoms with Crippen molar-refractivity contribution in [3.8, 4) is 0 Å². The maximum Gasteiger partial charge on any atom is 0.226 e. The molecule has 0 aliphatic heterocycles. The highest BCUT2D eigenvalue weighted by Crippen LogP contribution is 2.22. The summed E-state index contributed by atoms with van der Waals surface area (Å²) in [5.74, 6) is 0.0265. The molecule has 0 spiro atoms. The quantitative estimate of drug-likeness (QED) is 0.817. The van der Waals surface area contributed by atoms with E-state index >= 15 is 0 Å². The van der Waals surface area contributed by atoms with Gasteiger partial charge in [0.05, 0.1) is 3.79 Å². The van der Waals surface area contributed by atoms with Crippen LogP contribution in [0.5, 0.6) is 0 Å². The Kier molecular flexibility index (Phi) is 5.20. The zero-order chi connectivity index (χ0) is 14.5.